The molecule has 3 fully saturated rings. The molecule has 1 aromatic rings. The van der Waals surface area contributed by atoms with E-state index in [2.05, 4.69) is 39.9 Å². The first-order valence-electron chi connectivity index (χ1n) is 9.48. The van der Waals surface area contributed by atoms with Crippen LogP contribution < -0.4 is 5.32 Å². The van der Waals surface area contributed by atoms with E-state index in [1.807, 2.05) is 16.7 Å². The molecule has 3 aliphatic rings. The van der Waals surface area contributed by atoms with E-state index in [0.717, 1.165) is 62.8 Å². The molecule has 4 heterocycles. The maximum absolute atomic E-state index is 12.6. The standard InChI is InChI=1S/C18H29N5OS/c1-13-9-14(2)23(20-13)15-3-5-21(6-4-15)16-10-17(19-11-16)18(24)22-7-8-25-12-22/h9,15-17,19H,3-8,10-12H2,1-2H3/t16-,17-/m0/s1. The minimum absolute atomic E-state index is 0.0254. The highest BCUT2D eigenvalue weighted by atomic mass is 32.2. The minimum atomic E-state index is 0.0254. The van der Waals surface area contributed by atoms with Crippen molar-refractivity contribution in [3.8, 4) is 0 Å². The van der Waals surface area contributed by atoms with Crippen LogP contribution in [0.2, 0.25) is 0 Å². The second-order valence-electron chi connectivity index (χ2n) is 7.63. The zero-order chi connectivity index (χ0) is 17.4. The van der Waals surface area contributed by atoms with Crippen LogP contribution in [0.5, 0.6) is 0 Å². The van der Waals surface area contributed by atoms with Crippen molar-refractivity contribution in [2.24, 2.45) is 0 Å². The maximum atomic E-state index is 12.6. The highest BCUT2D eigenvalue weighted by molar-refractivity contribution is 7.99. The number of hydrogen-bond donors (Lipinski definition) is 1. The summed E-state index contributed by atoms with van der Waals surface area (Å²) in [6, 6.07) is 3.22. The van der Waals surface area contributed by atoms with Gasteiger partial charge in [-0.25, -0.2) is 0 Å². The molecule has 3 saturated heterocycles. The Morgan fingerprint density at radius 1 is 1.24 bits per heavy atom. The summed E-state index contributed by atoms with van der Waals surface area (Å²) in [5.41, 5.74) is 2.38. The number of likely N-dealkylation sites (tertiary alicyclic amines) is 1. The normalized spacial score (nSPS) is 28.8. The highest BCUT2D eigenvalue weighted by Crippen LogP contribution is 2.27. The van der Waals surface area contributed by atoms with Gasteiger partial charge in [-0.1, -0.05) is 0 Å². The van der Waals surface area contributed by atoms with Gasteiger partial charge in [-0.05, 0) is 39.2 Å². The van der Waals surface area contributed by atoms with Gasteiger partial charge in [0.15, 0.2) is 0 Å². The summed E-state index contributed by atoms with van der Waals surface area (Å²) in [6.45, 7) is 8.30. The summed E-state index contributed by atoms with van der Waals surface area (Å²) in [6.07, 6.45) is 3.27. The van der Waals surface area contributed by atoms with Crippen LogP contribution in [-0.4, -0.2) is 75.4 Å². The topological polar surface area (TPSA) is 53.4 Å². The fourth-order valence-corrected chi connectivity index (χ4v) is 5.46. The van der Waals surface area contributed by atoms with Crippen LogP contribution in [0.1, 0.15) is 36.7 Å². The Morgan fingerprint density at radius 2 is 2.04 bits per heavy atom. The second kappa shape index (κ2) is 7.29. The molecule has 0 bridgehead atoms. The zero-order valence-corrected chi connectivity index (χ0v) is 16.1. The summed E-state index contributed by atoms with van der Waals surface area (Å²) in [5, 5.41) is 8.15. The number of thioether (sulfide) groups is 1. The lowest BCUT2D eigenvalue weighted by Gasteiger charge is -2.36. The molecule has 2 atom stereocenters. The third-order valence-corrected chi connectivity index (χ3v) is 6.84. The summed E-state index contributed by atoms with van der Waals surface area (Å²) in [5.74, 6) is 2.27. The third-order valence-electron chi connectivity index (χ3n) is 5.88. The molecule has 7 heteroatoms. The van der Waals surface area contributed by atoms with Gasteiger partial charge in [0.25, 0.3) is 0 Å². The Hall–Kier alpha value is -1.05. The zero-order valence-electron chi connectivity index (χ0n) is 15.3. The Balaban J connectivity index is 1.30. The fraction of sp³-hybridized carbons (Fsp3) is 0.778. The summed E-state index contributed by atoms with van der Waals surface area (Å²) >= 11 is 1.86. The van der Waals surface area contributed by atoms with Gasteiger partial charge >= 0.3 is 0 Å². The molecular weight excluding hydrogens is 334 g/mol. The van der Waals surface area contributed by atoms with Crippen LogP contribution in [0.4, 0.5) is 0 Å². The molecule has 0 aromatic carbocycles. The molecule has 1 amide bonds. The number of aromatic nitrogens is 2. The van der Waals surface area contributed by atoms with E-state index in [1.54, 1.807) is 0 Å². The maximum Gasteiger partial charge on any atom is 0.240 e. The van der Waals surface area contributed by atoms with E-state index < -0.39 is 0 Å². The first-order valence-corrected chi connectivity index (χ1v) is 10.6. The summed E-state index contributed by atoms with van der Waals surface area (Å²) in [7, 11) is 0. The van der Waals surface area contributed by atoms with E-state index in [9.17, 15) is 4.79 Å². The predicted octanol–water partition coefficient (Wildman–Crippen LogP) is 1.40. The quantitative estimate of drug-likeness (QED) is 0.880. The molecule has 0 spiro atoms. The lowest BCUT2D eigenvalue weighted by atomic mass is 10.0. The molecule has 0 aliphatic carbocycles. The second-order valence-corrected chi connectivity index (χ2v) is 8.70. The SMILES string of the molecule is Cc1cc(C)n(C2CCN([C@@H]3CN[C@H](C(=O)N4CCSC4)C3)CC2)n1. The van der Waals surface area contributed by atoms with E-state index in [0.29, 0.717) is 18.0 Å². The van der Waals surface area contributed by atoms with Gasteiger partial charge in [-0.3, -0.25) is 14.4 Å². The van der Waals surface area contributed by atoms with Gasteiger partial charge in [0, 0.05) is 43.7 Å². The lowest BCUT2D eigenvalue weighted by Crippen LogP contribution is -2.43. The van der Waals surface area contributed by atoms with Gasteiger partial charge < -0.3 is 10.2 Å². The number of nitrogens with one attached hydrogen (secondary N) is 1. The number of nitrogens with zero attached hydrogens (tertiary/aromatic N) is 4. The third kappa shape index (κ3) is 3.59. The van der Waals surface area contributed by atoms with Crippen molar-refractivity contribution < 1.29 is 4.79 Å². The Kier molecular flexibility index (Phi) is 5.06. The Morgan fingerprint density at radius 3 is 2.68 bits per heavy atom. The number of aryl methyl sites for hydroxylation is 2. The van der Waals surface area contributed by atoms with Gasteiger partial charge in [0.05, 0.1) is 23.7 Å². The smallest absolute Gasteiger partial charge is 0.240 e. The van der Waals surface area contributed by atoms with Gasteiger partial charge in [-0.15, -0.1) is 11.8 Å². The molecule has 25 heavy (non-hydrogen) atoms. The van der Waals surface area contributed by atoms with Crippen LogP contribution in [-0.2, 0) is 4.79 Å². The van der Waals surface area contributed by atoms with E-state index >= 15 is 0 Å². The van der Waals surface area contributed by atoms with Gasteiger partial charge in [0.1, 0.15) is 0 Å². The summed E-state index contributed by atoms with van der Waals surface area (Å²) in [4.78, 5) is 17.2. The van der Waals surface area contributed by atoms with Crippen LogP contribution in [0, 0.1) is 13.8 Å². The van der Waals surface area contributed by atoms with Gasteiger partial charge in [-0.2, -0.15) is 5.10 Å². The van der Waals surface area contributed by atoms with Crippen molar-refractivity contribution in [2.45, 2.75) is 51.2 Å². The van der Waals surface area contributed by atoms with Crippen molar-refractivity contribution in [3.63, 3.8) is 0 Å². The van der Waals surface area contributed by atoms with Crippen LogP contribution in [0.25, 0.3) is 0 Å². The number of amides is 1. The monoisotopic (exact) mass is 363 g/mol. The van der Waals surface area contributed by atoms with Gasteiger partial charge in [0.2, 0.25) is 5.91 Å². The first kappa shape index (κ1) is 17.4. The van der Waals surface area contributed by atoms with E-state index in [-0.39, 0.29) is 6.04 Å². The number of carbonyl (C=O) groups excluding carboxylic acids is 1. The van der Waals surface area contributed by atoms with E-state index in [1.165, 1.54) is 5.69 Å². The molecular formula is C18H29N5OS. The van der Waals surface area contributed by atoms with Crippen molar-refractivity contribution >= 4 is 17.7 Å². The molecule has 0 unspecified atom stereocenters. The number of hydrogen-bond acceptors (Lipinski definition) is 5. The molecule has 138 valence electrons. The average molecular weight is 364 g/mol. The fourth-order valence-electron chi connectivity index (χ4n) is 4.50. The molecule has 0 saturated carbocycles. The molecule has 3 aliphatic heterocycles. The van der Waals surface area contributed by atoms with Crippen molar-refractivity contribution in [2.75, 3.05) is 37.8 Å². The van der Waals surface area contributed by atoms with Crippen LogP contribution in [0.15, 0.2) is 6.07 Å². The lowest BCUT2D eigenvalue weighted by molar-refractivity contribution is -0.131. The minimum Gasteiger partial charge on any atom is -0.331 e. The Labute approximate surface area is 154 Å². The first-order chi connectivity index (χ1) is 12.1. The number of carbonyl (C=O) groups is 1. The van der Waals surface area contributed by atoms with Crippen LogP contribution >= 0.6 is 11.8 Å². The average Bonchev–Trinajstić information content (AvgIpc) is 3.35. The molecule has 4 rings (SSSR count). The number of piperidine rings is 1. The molecule has 1 aromatic heterocycles. The summed E-state index contributed by atoms with van der Waals surface area (Å²) < 4.78 is 2.22. The molecule has 6 nitrogen and oxygen atoms in total. The molecule has 1 N–H and O–H groups in total. The van der Waals surface area contributed by atoms with Crippen molar-refractivity contribution in [1.82, 2.24) is 24.9 Å². The van der Waals surface area contributed by atoms with Crippen LogP contribution in [0.3, 0.4) is 0 Å². The number of rotatable bonds is 3. The van der Waals surface area contributed by atoms with E-state index in [4.69, 9.17) is 0 Å². The highest BCUT2D eigenvalue weighted by Gasteiger charge is 2.37. The Bertz CT molecular complexity index is 619. The van der Waals surface area contributed by atoms with Crippen molar-refractivity contribution in [1.29, 1.82) is 0 Å². The molecule has 0 radical (unpaired) electrons. The van der Waals surface area contributed by atoms with Crippen molar-refractivity contribution in [3.05, 3.63) is 17.5 Å². The largest absolute Gasteiger partial charge is 0.331 e. The predicted molar refractivity (Wildman–Crippen MR) is 101 cm³/mol.